The number of methoxy groups -OCH3 is 2. The molecule has 1 heterocycles. The highest BCUT2D eigenvalue weighted by Crippen LogP contribution is 2.24. The van der Waals surface area contributed by atoms with Crippen molar-refractivity contribution in [3.8, 4) is 11.5 Å². The molecule has 0 saturated carbocycles. The molecule has 0 bridgehead atoms. The summed E-state index contributed by atoms with van der Waals surface area (Å²) in [5.41, 5.74) is 0.968. The lowest BCUT2D eigenvalue weighted by Crippen LogP contribution is -2.27. The predicted molar refractivity (Wildman–Crippen MR) is 79.0 cm³/mol. The van der Waals surface area contributed by atoms with Crippen LogP contribution in [-0.2, 0) is 17.6 Å². The van der Waals surface area contributed by atoms with E-state index in [0.29, 0.717) is 24.7 Å². The summed E-state index contributed by atoms with van der Waals surface area (Å²) in [5.74, 6) is 2.19. The van der Waals surface area contributed by atoms with Crippen LogP contribution in [0.1, 0.15) is 17.3 Å². The van der Waals surface area contributed by atoms with Gasteiger partial charge in [-0.25, -0.2) is 0 Å². The maximum Gasteiger partial charge on any atom is 0.236 e. The number of ether oxygens (including phenoxy) is 2. The normalized spacial score (nSPS) is 10.3. The lowest BCUT2D eigenvalue weighted by atomic mass is 10.1. The first-order chi connectivity index (χ1) is 10.6. The number of carbonyl (C=O) groups is 1. The Balaban J connectivity index is 1.86. The summed E-state index contributed by atoms with van der Waals surface area (Å²) < 4.78 is 15.4. The first-order valence-electron chi connectivity index (χ1n) is 6.89. The van der Waals surface area contributed by atoms with Crippen molar-refractivity contribution in [2.24, 2.45) is 0 Å². The number of carbonyl (C=O) groups excluding carboxylic acids is 1. The number of nitrogens with one attached hydrogen (secondary N) is 1. The Labute approximate surface area is 128 Å². The van der Waals surface area contributed by atoms with Crippen molar-refractivity contribution in [3.05, 3.63) is 35.5 Å². The second-order valence-corrected chi connectivity index (χ2v) is 4.69. The zero-order chi connectivity index (χ0) is 15.9. The summed E-state index contributed by atoms with van der Waals surface area (Å²) in [4.78, 5) is 15.8. The summed E-state index contributed by atoms with van der Waals surface area (Å²) in [7, 11) is 3.22. The highest BCUT2D eigenvalue weighted by atomic mass is 16.5. The van der Waals surface area contributed by atoms with E-state index in [-0.39, 0.29) is 12.3 Å². The molecule has 0 radical (unpaired) electrons. The van der Waals surface area contributed by atoms with Gasteiger partial charge < -0.3 is 19.3 Å². The number of hydrogen-bond donors (Lipinski definition) is 1. The number of aromatic nitrogens is 2. The third-order valence-corrected chi connectivity index (χ3v) is 3.09. The average Bonchev–Trinajstić information content (AvgIpc) is 2.92. The predicted octanol–water partition coefficient (Wildman–Crippen LogP) is 1.30. The Kier molecular flexibility index (Phi) is 5.35. The number of nitrogens with zero attached hydrogens (tertiary/aromatic N) is 2. The summed E-state index contributed by atoms with van der Waals surface area (Å²) >= 11 is 0. The quantitative estimate of drug-likeness (QED) is 0.829. The summed E-state index contributed by atoms with van der Waals surface area (Å²) in [6.45, 7) is 2.19. The Bertz CT molecular complexity index is 639. The van der Waals surface area contributed by atoms with E-state index in [2.05, 4.69) is 15.5 Å². The summed E-state index contributed by atoms with van der Waals surface area (Å²) in [6, 6.07) is 5.57. The molecule has 1 amide bonds. The molecule has 118 valence electrons. The van der Waals surface area contributed by atoms with Crippen LogP contribution in [0.25, 0.3) is 0 Å². The van der Waals surface area contributed by atoms with Crippen LogP contribution in [0, 0.1) is 6.92 Å². The molecule has 1 aromatic heterocycles. The molecule has 0 aliphatic heterocycles. The van der Waals surface area contributed by atoms with Crippen LogP contribution >= 0.6 is 0 Å². The van der Waals surface area contributed by atoms with E-state index in [1.807, 2.05) is 18.2 Å². The molecule has 0 aliphatic rings. The monoisotopic (exact) mass is 305 g/mol. The van der Waals surface area contributed by atoms with Crippen LogP contribution in [0.3, 0.4) is 0 Å². The van der Waals surface area contributed by atoms with Crippen LogP contribution in [0.15, 0.2) is 22.7 Å². The molecular weight excluding hydrogens is 286 g/mol. The maximum atomic E-state index is 11.8. The van der Waals surface area contributed by atoms with Crippen LogP contribution in [-0.4, -0.2) is 36.8 Å². The Morgan fingerprint density at radius 2 is 2.14 bits per heavy atom. The van der Waals surface area contributed by atoms with Crippen LogP contribution in [0.5, 0.6) is 11.5 Å². The average molecular weight is 305 g/mol. The zero-order valence-corrected chi connectivity index (χ0v) is 12.9. The molecule has 0 saturated heterocycles. The van der Waals surface area contributed by atoms with E-state index in [4.69, 9.17) is 14.0 Å². The molecule has 2 rings (SSSR count). The van der Waals surface area contributed by atoms with Crippen molar-refractivity contribution in [1.82, 2.24) is 15.5 Å². The van der Waals surface area contributed by atoms with Gasteiger partial charge in [-0.15, -0.1) is 0 Å². The van der Waals surface area contributed by atoms with Gasteiger partial charge in [0.25, 0.3) is 0 Å². The smallest absolute Gasteiger partial charge is 0.236 e. The van der Waals surface area contributed by atoms with Crippen molar-refractivity contribution < 1.29 is 18.8 Å². The highest BCUT2D eigenvalue weighted by Gasteiger charge is 2.10. The fourth-order valence-corrected chi connectivity index (χ4v) is 2.03. The van der Waals surface area contributed by atoms with Gasteiger partial charge in [0.1, 0.15) is 17.9 Å². The number of benzene rings is 1. The Morgan fingerprint density at radius 1 is 1.32 bits per heavy atom. The molecule has 0 atom stereocenters. The van der Waals surface area contributed by atoms with Crippen molar-refractivity contribution >= 4 is 5.91 Å². The molecule has 22 heavy (non-hydrogen) atoms. The van der Waals surface area contributed by atoms with E-state index in [9.17, 15) is 4.79 Å². The minimum atomic E-state index is -0.162. The van der Waals surface area contributed by atoms with Gasteiger partial charge in [-0.2, -0.15) is 4.98 Å². The Morgan fingerprint density at radius 3 is 2.77 bits per heavy atom. The van der Waals surface area contributed by atoms with E-state index < -0.39 is 0 Å². The molecule has 0 fully saturated rings. The molecule has 0 aliphatic carbocycles. The fourth-order valence-electron chi connectivity index (χ4n) is 2.03. The van der Waals surface area contributed by atoms with Crippen molar-refractivity contribution in [1.29, 1.82) is 0 Å². The van der Waals surface area contributed by atoms with Crippen LogP contribution in [0.4, 0.5) is 0 Å². The first kappa shape index (κ1) is 15.8. The minimum Gasteiger partial charge on any atom is -0.497 e. The lowest BCUT2D eigenvalue weighted by Gasteiger charge is -2.10. The van der Waals surface area contributed by atoms with Crippen LogP contribution < -0.4 is 14.8 Å². The zero-order valence-electron chi connectivity index (χ0n) is 12.9. The lowest BCUT2D eigenvalue weighted by molar-refractivity contribution is -0.120. The van der Waals surface area contributed by atoms with Crippen LogP contribution in [0.2, 0.25) is 0 Å². The van der Waals surface area contributed by atoms with Gasteiger partial charge in [0.15, 0.2) is 5.82 Å². The van der Waals surface area contributed by atoms with Gasteiger partial charge in [0.2, 0.25) is 11.8 Å². The van der Waals surface area contributed by atoms with Crippen molar-refractivity contribution in [3.63, 3.8) is 0 Å². The molecular formula is C15H19N3O4. The standard InChI is InChI=1S/C15H19N3O4/c1-10-17-15(22-18-10)9-14(19)16-7-6-11-8-12(20-2)4-5-13(11)21-3/h4-5,8H,6-7,9H2,1-3H3,(H,16,19). The number of aryl methyl sites for hydroxylation is 1. The van der Waals surface area contributed by atoms with Crippen molar-refractivity contribution in [2.75, 3.05) is 20.8 Å². The molecule has 1 aromatic carbocycles. The molecule has 0 unspecified atom stereocenters. The molecule has 2 aromatic rings. The maximum absolute atomic E-state index is 11.8. The summed E-state index contributed by atoms with van der Waals surface area (Å²) in [6.07, 6.45) is 0.713. The fraction of sp³-hybridized carbons (Fsp3) is 0.400. The second kappa shape index (κ2) is 7.44. The number of hydrogen-bond acceptors (Lipinski definition) is 6. The summed E-state index contributed by atoms with van der Waals surface area (Å²) in [5, 5.41) is 6.46. The van der Waals surface area contributed by atoms with Gasteiger partial charge in [-0.1, -0.05) is 5.16 Å². The second-order valence-electron chi connectivity index (χ2n) is 4.69. The molecule has 1 N–H and O–H groups in total. The third-order valence-electron chi connectivity index (χ3n) is 3.09. The number of amides is 1. The third kappa shape index (κ3) is 4.21. The highest BCUT2D eigenvalue weighted by molar-refractivity contribution is 5.77. The minimum absolute atomic E-state index is 0.0795. The van der Waals surface area contributed by atoms with Gasteiger partial charge in [0.05, 0.1) is 14.2 Å². The molecule has 7 nitrogen and oxygen atoms in total. The van der Waals surface area contributed by atoms with Gasteiger partial charge in [-0.3, -0.25) is 4.79 Å². The Hall–Kier alpha value is -2.57. The van der Waals surface area contributed by atoms with E-state index in [1.165, 1.54) is 0 Å². The largest absolute Gasteiger partial charge is 0.497 e. The first-order valence-corrected chi connectivity index (χ1v) is 6.89. The van der Waals surface area contributed by atoms with Gasteiger partial charge >= 0.3 is 0 Å². The van der Waals surface area contributed by atoms with Gasteiger partial charge in [0, 0.05) is 6.54 Å². The van der Waals surface area contributed by atoms with E-state index in [1.54, 1.807) is 21.1 Å². The SMILES string of the molecule is COc1ccc(OC)c(CCNC(=O)Cc2nc(C)no2)c1. The molecule has 0 spiro atoms. The van der Waals surface area contributed by atoms with E-state index in [0.717, 1.165) is 17.1 Å². The topological polar surface area (TPSA) is 86.5 Å². The van der Waals surface area contributed by atoms with Crippen molar-refractivity contribution in [2.45, 2.75) is 19.8 Å². The molecule has 7 heteroatoms. The number of rotatable bonds is 7. The van der Waals surface area contributed by atoms with Gasteiger partial charge in [-0.05, 0) is 37.1 Å². The van der Waals surface area contributed by atoms with E-state index >= 15 is 0 Å².